The molecule has 2 aromatic carbocycles. The first-order valence-electron chi connectivity index (χ1n) is 8.74. The van der Waals surface area contributed by atoms with E-state index in [0.29, 0.717) is 11.3 Å². The molecule has 0 radical (unpaired) electrons. The maximum Gasteiger partial charge on any atom is 0.344 e. The fraction of sp³-hybridized carbons (Fsp3) is 0.286. The number of amides is 1. The van der Waals surface area contributed by atoms with Crippen LogP contribution in [0.3, 0.4) is 0 Å². The molecule has 0 saturated carbocycles. The minimum atomic E-state index is -0.637. The molecule has 1 N–H and O–H groups in total. The standard InChI is InChI=1S/C21H23NO5/c1-16(7-8-17-5-3-2-4-6-17)22-20(24)14-27-21(25)15-26-19-11-9-18(13-23)10-12-19/h2-6,9-13,16H,7-8,14-15H2,1H3,(H,22,24)/t16-/m0/s1. The summed E-state index contributed by atoms with van der Waals surface area (Å²) in [5.41, 5.74) is 1.73. The molecule has 0 bridgehead atoms. The molecule has 2 aromatic rings. The van der Waals surface area contributed by atoms with Crippen molar-refractivity contribution >= 4 is 18.2 Å². The molecular formula is C21H23NO5. The highest BCUT2D eigenvalue weighted by Gasteiger charge is 2.11. The monoisotopic (exact) mass is 369 g/mol. The molecular weight excluding hydrogens is 346 g/mol. The van der Waals surface area contributed by atoms with Gasteiger partial charge >= 0.3 is 5.97 Å². The van der Waals surface area contributed by atoms with Crippen LogP contribution in [0.25, 0.3) is 0 Å². The lowest BCUT2D eigenvalue weighted by Crippen LogP contribution is -2.36. The third kappa shape index (κ3) is 7.73. The van der Waals surface area contributed by atoms with Crippen molar-refractivity contribution in [2.45, 2.75) is 25.8 Å². The van der Waals surface area contributed by atoms with Gasteiger partial charge in [0, 0.05) is 11.6 Å². The Morgan fingerprint density at radius 3 is 2.41 bits per heavy atom. The molecule has 0 spiro atoms. The van der Waals surface area contributed by atoms with Crippen LogP contribution in [0, 0.1) is 0 Å². The first-order chi connectivity index (χ1) is 13.1. The van der Waals surface area contributed by atoms with Gasteiger partial charge in [0.2, 0.25) is 0 Å². The molecule has 6 nitrogen and oxygen atoms in total. The zero-order valence-electron chi connectivity index (χ0n) is 15.2. The average Bonchev–Trinajstić information content (AvgIpc) is 2.70. The van der Waals surface area contributed by atoms with E-state index < -0.39 is 5.97 Å². The van der Waals surface area contributed by atoms with E-state index in [1.807, 2.05) is 37.3 Å². The van der Waals surface area contributed by atoms with Crippen molar-refractivity contribution < 1.29 is 23.9 Å². The Morgan fingerprint density at radius 2 is 1.74 bits per heavy atom. The Hall–Kier alpha value is -3.15. The van der Waals surface area contributed by atoms with E-state index in [-0.39, 0.29) is 25.2 Å². The zero-order chi connectivity index (χ0) is 19.5. The minimum Gasteiger partial charge on any atom is -0.482 e. The molecule has 1 atom stereocenters. The highest BCUT2D eigenvalue weighted by atomic mass is 16.6. The molecule has 0 aliphatic carbocycles. The number of aryl methyl sites for hydroxylation is 1. The second kappa shape index (κ2) is 10.8. The number of carbonyl (C=O) groups is 3. The molecule has 0 aliphatic heterocycles. The zero-order valence-corrected chi connectivity index (χ0v) is 15.2. The number of aldehydes is 1. The summed E-state index contributed by atoms with van der Waals surface area (Å²) in [5, 5.41) is 2.80. The molecule has 1 amide bonds. The molecule has 0 heterocycles. The number of nitrogens with one attached hydrogen (secondary N) is 1. The smallest absolute Gasteiger partial charge is 0.344 e. The molecule has 2 rings (SSSR count). The van der Waals surface area contributed by atoms with Crippen LogP contribution < -0.4 is 10.1 Å². The van der Waals surface area contributed by atoms with Gasteiger partial charge in [-0.25, -0.2) is 4.79 Å². The Morgan fingerprint density at radius 1 is 1.04 bits per heavy atom. The Bertz CT molecular complexity index is 743. The third-order valence-electron chi connectivity index (χ3n) is 3.85. The van der Waals surface area contributed by atoms with E-state index in [1.54, 1.807) is 24.3 Å². The van der Waals surface area contributed by atoms with Gasteiger partial charge in [0.25, 0.3) is 5.91 Å². The summed E-state index contributed by atoms with van der Waals surface area (Å²) in [4.78, 5) is 34.1. The van der Waals surface area contributed by atoms with E-state index in [1.165, 1.54) is 5.56 Å². The number of carbonyl (C=O) groups excluding carboxylic acids is 3. The van der Waals surface area contributed by atoms with E-state index in [9.17, 15) is 14.4 Å². The summed E-state index contributed by atoms with van der Waals surface area (Å²) in [6.45, 7) is 1.26. The summed E-state index contributed by atoms with van der Waals surface area (Å²) in [6, 6.07) is 16.3. The van der Waals surface area contributed by atoms with Gasteiger partial charge in [0.1, 0.15) is 12.0 Å². The first-order valence-corrected chi connectivity index (χ1v) is 8.74. The van der Waals surface area contributed by atoms with Crippen molar-refractivity contribution in [2.24, 2.45) is 0 Å². The lowest BCUT2D eigenvalue weighted by molar-refractivity contribution is -0.150. The molecule has 0 aliphatic rings. The topological polar surface area (TPSA) is 81.7 Å². The van der Waals surface area contributed by atoms with Crippen molar-refractivity contribution in [1.82, 2.24) is 5.32 Å². The van der Waals surface area contributed by atoms with Gasteiger partial charge in [-0.2, -0.15) is 0 Å². The van der Waals surface area contributed by atoms with Gasteiger partial charge in [0.05, 0.1) is 0 Å². The number of hydrogen-bond acceptors (Lipinski definition) is 5. The highest BCUT2D eigenvalue weighted by molar-refractivity contribution is 5.81. The summed E-state index contributed by atoms with van der Waals surface area (Å²) in [5.74, 6) is -0.544. The number of ether oxygens (including phenoxy) is 2. The van der Waals surface area contributed by atoms with Crippen LogP contribution in [0.5, 0.6) is 5.75 Å². The quantitative estimate of drug-likeness (QED) is 0.514. The fourth-order valence-electron chi connectivity index (χ4n) is 2.39. The minimum absolute atomic E-state index is 0.0241. The van der Waals surface area contributed by atoms with Crippen LogP contribution in [-0.4, -0.2) is 37.4 Å². The van der Waals surface area contributed by atoms with E-state index >= 15 is 0 Å². The van der Waals surface area contributed by atoms with Crippen molar-refractivity contribution in [2.75, 3.05) is 13.2 Å². The number of rotatable bonds is 10. The Labute approximate surface area is 158 Å². The van der Waals surface area contributed by atoms with Gasteiger partial charge in [-0.1, -0.05) is 30.3 Å². The van der Waals surface area contributed by atoms with Gasteiger partial charge < -0.3 is 14.8 Å². The normalized spacial score (nSPS) is 11.3. The first kappa shape index (κ1) is 20.2. The van der Waals surface area contributed by atoms with Crippen molar-refractivity contribution in [3.05, 3.63) is 65.7 Å². The molecule has 0 saturated heterocycles. The van der Waals surface area contributed by atoms with Crippen LogP contribution in [0.4, 0.5) is 0 Å². The summed E-state index contributed by atoms with van der Waals surface area (Å²) >= 11 is 0. The Kier molecular flexibility index (Phi) is 8.03. The lowest BCUT2D eigenvalue weighted by Gasteiger charge is -2.14. The number of esters is 1. The van der Waals surface area contributed by atoms with Crippen LogP contribution in [0.1, 0.15) is 29.3 Å². The van der Waals surface area contributed by atoms with Crippen LogP contribution >= 0.6 is 0 Å². The highest BCUT2D eigenvalue weighted by Crippen LogP contribution is 2.11. The van der Waals surface area contributed by atoms with Gasteiger partial charge in [0.15, 0.2) is 13.2 Å². The SMILES string of the molecule is C[C@@H](CCc1ccccc1)NC(=O)COC(=O)COc1ccc(C=O)cc1. The fourth-order valence-corrected chi connectivity index (χ4v) is 2.39. The van der Waals surface area contributed by atoms with Crippen LogP contribution in [0.2, 0.25) is 0 Å². The number of benzene rings is 2. The third-order valence-corrected chi connectivity index (χ3v) is 3.85. The summed E-state index contributed by atoms with van der Waals surface area (Å²) in [7, 11) is 0. The molecule has 0 unspecified atom stereocenters. The van der Waals surface area contributed by atoms with Gasteiger partial charge in [-0.05, 0) is 49.6 Å². The second-order valence-corrected chi connectivity index (χ2v) is 6.13. The number of hydrogen-bond donors (Lipinski definition) is 1. The van der Waals surface area contributed by atoms with Gasteiger partial charge in [-0.3, -0.25) is 9.59 Å². The van der Waals surface area contributed by atoms with Crippen LogP contribution in [-0.2, 0) is 20.7 Å². The van der Waals surface area contributed by atoms with Crippen molar-refractivity contribution in [3.63, 3.8) is 0 Å². The average molecular weight is 369 g/mol. The predicted octanol–water partition coefficient (Wildman–Crippen LogP) is 2.56. The predicted molar refractivity (Wildman–Crippen MR) is 101 cm³/mol. The molecule has 142 valence electrons. The Balaban J connectivity index is 1.62. The molecule has 27 heavy (non-hydrogen) atoms. The summed E-state index contributed by atoms with van der Waals surface area (Å²) in [6.07, 6.45) is 2.37. The molecule has 6 heteroatoms. The van der Waals surface area contributed by atoms with Crippen LogP contribution in [0.15, 0.2) is 54.6 Å². The maximum atomic E-state index is 11.9. The lowest BCUT2D eigenvalue weighted by atomic mass is 10.1. The summed E-state index contributed by atoms with van der Waals surface area (Å²) < 4.78 is 10.1. The molecule has 0 aromatic heterocycles. The second-order valence-electron chi connectivity index (χ2n) is 6.13. The molecule has 0 fully saturated rings. The van der Waals surface area contributed by atoms with E-state index in [0.717, 1.165) is 19.1 Å². The van der Waals surface area contributed by atoms with Crippen molar-refractivity contribution in [1.29, 1.82) is 0 Å². The maximum absolute atomic E-state index is 11.9. The van der Waals surface area contributed by atoms with Gasteiger partial charge in [-0.15, -0.1) is 0 Å². The van der Waals surface area contributed by atoms with E-state index in [4.69, 9.17) is 9.47 Å². The largest absolute Gasteiger partial charge is 0.482 e. The van der Waals surface area contributed by atoms with E-state index in [2.05, 4.69) is 5.32 Å². The van der Waals surface area contributed by atoms with Crippen molar-refractivity contribution in [3.8, 4) is 5.75 Å².